The summed E-state index contributed by atoms with van der Waals surface area (Å²) < 4.78 is 65.6. The molecule has 4 rings (SSSR count). The van der Waals surface area contributed by atoms with Crippen LogP contribution in [0.2, 0.25) is 0 Å². The summed E-state index contributed by atoms with van der Waals surface area (Å²) in [7, 11) is -2.60. The quantitative estimate of drug-likeness (QED) is 0.553. The molecule has 2 aliphatic rings. The van der Waals surface area contributed by atoms with Gasteiger partial charge in [-0.1, -0.05) is 0 Å². The van der Waals surface area contributed by atoms with E-state index in [1.807, 2.05) is 13.8 Å². The molecule has 1 aromatic heterocycles. The Bertz CT molecular complexity index is 1070. The Morgan fingerprint density at radius 1 is 1.33 bits per heavy atom. The van der Waals surface area contributed by atoms with Crippen LogP contribution in [0.15, 0.2) is 18.2 Å². The minimum Gasteiger partial charge on any atom is -0.435 e. The van der Waals surface area contributed by atoms with Crippen molar-refractivity contribution in [3.05, 3.63) is 35.3 Å². The maximum Gasteiger partial charge on any atom is 0.387 e. The van der Waals surface area contributed by atoms with Gasteiger partial charge in [-0.05, 0) is 51.8 Å². The molecule has 182 valence electrons. The number of halogens is 3. The molecule has 3 N–H and O–H groups in total. The molecule has 2 heterocycles. The lowest BCUT2D eigenvalue weighted by molar-refractivity contribution is -0.126. The van der Waals surface area contributed by atoms with Gasteiger partial charge in [-0.25, -0.2) is 4.39 Å². The average Bonchev–Trinajstić information content (AvgIpc) is 3.06. The second-order valence-electron chi connectivity index (χ2n) is 9.41. The van der Waals surface area contributed by atoms with E-state index in [9.17, 15) is 27.1 Å². The van der Waals surface area contributed by atoms with Gasteiger partial charge < -0.3 is 10.1 Å². The molecule has 2 aromatic rings. The van der Waals surface area contributed by atoms with E-state index in [4.69, 9.17) is 0 Å². The fraction of sp³-hybridized carbons (Fsp3) is 0.545. The van der Waals surface area contributed by atoms with Gasteiger partial charge in [-0.3, -0.25) is 18.6 Å². The van der Waals surface area contributed by atoms with Crippen molar-refractivity contribution < 1.29 is 31.8 Å². The summed E-state index contributed by atoms with van der Waals surface area (Å²) in [6.45, 7) is 2.62. The van der Waals surface area contributed by atoms with Crippen molar-refractivity contribution in [1.29, 1.82) is 0 Å². The van der Waals surface area contributed by atoms with E-state index in [2.05, 4.69) is 15.2 Å². The first-order chi connectivity index (χ1) is 15.4. The SMILES string of the molecule is CC(C)n1nc(-c2cc(OC(F)F)ccc2F)c2c1CC(C(=O)NC1(C)CS(O)(O)C1)CC2. The van der Waals surface area contributed by atoms with E-state index in [-0.39, 0.29) is 40.7 Å². The molecule has 1 saturated heterocycles. The van der Waals surface area contributed by atoms with Gasteiger partial charge in [-0.15, -0.1) is 0 Å². The predicted octanol–water partition coefficient (Wildman–Crippen LogP) is 4.62. The highest BCUT2D eigenvalue weighted by atomic mass is 32.3. The molecular weight excluding hydrogens is 459 g/mol. The lowest BCUT2D eigenvalue weighted by atomic mass is 9.84. The van der Waals surface area contributed by atoms with Crippen LogP contribution in [0.3, 0.4) is 0 Å². The minimum atomic E-state index is -3.02. The van der Waals surface area contributed by atoms with Crippen molar-refractivity contribution in [2.45, 2.75) is 58.2 Å². The Hall–Kier alpha value is -2.24. The van der Waals surface area contributed by atoms with Gasteiger partial charge in [-0.2, -0.15) is 24.5 Å². The summed E-state index contributed by atoms with van der Waals surface area (Å²) >= 11 is 0. The third-order valence-corrected chi connectivity index (χ3v) is 8.30. The van der Waals surface area contributed by atoms with E-state index >= 15 is 0 Å². The molecule has 0 spiro atoms. The van der Waals surface area contributed by atoms with E-state index in [0.29, 0.717) is 25.0 Å². The van der Waals surface area contributed by atoms with Crippen molar-refractivity contribution in [1.82, 2.24) is 15.1 Å². The lowest BCUT2D eigenvalue weighted by Crippen LogP contribution is -2.62. The summed E-state index contributed by atoms with van der Waals surface area (Å²) in [6.07, 6.45) is 1.38. The monoisotopic (exact) mass is 487 g/mol. The zero-order chi connectivity index (χ0) is 24.1. The number of nitrogens with zero attached hydrogens (tertiary/aromatic N) is 2. The number of aromatic nitrogens is 2. The first-order valence-corrected chi connectivity index (χ1v) is 12.7. The second kappa shape index (κ2) is 8.52. The van der Waals surface area contributed by atoms with Crippen LogP contribution in [-0.2, 0) is 17.6 Å². The molecule has 1 aliphatic carbocycles. The molecular formula is C22H28F3N3O4S. The van der Waals surface area contributed by atoms with Crippen LogP contribution in [0.25, 0.3) is 11.3 Å². The lowest BCUT2D eigenvalue weighted by Gasteiger charge is -2.54. The Morgan fingerprint density at radius 2 is 2.03 bits per heavy atom. The smallest absolute Gasteiger partial charge is 0.387 e. The van der Waals surface area contributed by atoms with E-state index < -0.39 is 28.6 Å². The molecule has 0 bridgehead atoms. The second-order valence-corrected chi connectivity index (χ2v) is 11.6. The van der Waals surface area contributed by atoms with Gasteiger partial charge in [0.25, 0.3) is 0 Å². The first-order valence-electron chi connectivity index (χ1n) is 10.8. The highest BCUT2D eigenvalue weighted by molar-refractivity contribution is 8.25. The summed E-state index contributed by atoms with van der Waals surface area (Å²) in [6, 6.07) is 3.39. The van der Waals surface area contributed by atoms with Crippen LogP contribution < -0.4 is 10.1 Å². The first kappa shape index (κ1) is 23.9. The fourth-order valence-corrected chi connectivity index (χ4v) is 6.92. The number of nitrogens with one attached hydrogen (secondary N) is 1. The molecule has 33 heavy (non-hydrogen) atoms. The largest absolute Gasteiger partial charge is 0.435 e. The molecule has 1 aliphatic heterocycles. The number of alkyl halides is 2. The van der Waals surface area contributed by atoms with Gasteiger partial charge >= 0.3 is 6.61 Å². The van der Waals surface area contributed by atoms with E-state index in [1.54, 1.807) is 11.6 Å². The Labute approximate surface area is 191 Å². The molecule has 7 nitrogen and oxygen atoms in total. The summed E-state index contributed by atoms with van der Waals surface area (Å²) in [4.78, 5) is 12.9. The zero-order valence-electron chi connectivity index (χ0n) is 18.6. The average molecular weight is 488 g/mol. The summed E-state index contributed by atoms with van der Waals surface area (Å²) in [5, 5.41) is 7.55. The molecule has 0 radical (unpaired) electrons. The standard InChI is InChI=1S/C22H28F3N3O4S/c1-12(2)28-18-8-13(20(29)26-22(3)10-33(30,31)11-22)4-6-15(18)19(27-28)16-9-14(32-21(24)25)5-7-17(16)23/h5,7,9,12-13,21,30-31H,4,6,8,10-11H2,1-3H3,(H,26,29). The zero-order valence-corrected chi connectivity index (χ0v) is 19.5. The summed E-state index contributed by atoms with van der Waals surface area (Å²) in [5.41, 5.74) is 1.43. The topological polar surface area (TPSA) is 96.6 Å². The highest BCUT2D eigenvalue weighted by Gasteiger charge is 2.46. The van der Waals surface area contributed by atoms with Crippen LogP contribution in [0.4, 0.5) is 13.2 Å². The third-order valence-electron chi connectivity index (χ3n) is 6.10. The molecule has 0 saturated carbocycles. The van der Waals surface area contributed by atoms with Gasteiger partial charge in [0.15, 0.2) is 0 Å². The van der Waals surface area contributed by atoms with Crippen molar-refractivity contribution in [3.63, 3.8) is 0 Å². The Kier molecular flexibility index (Phi) is 6.17. The third kappa shape index (κ3) is 4.85. The van der Waals surface area contributed by atoms with Gasteiger partial charge in [0.05, 0.1) is 22.7 Å². The Morgan fingerprint density at radius 3 is 2.64 bits per heavy atom. The number of rotatable bonds is 6. The highest BCUT2D eigenvalue weighted by Crippen LogP contribution is 2.54. The van der Waals surface area contributed by atoms with Crippen molar-refractivity contribution in [2.75, 3.05) is 11.5 Å². The fourth-order valence-electron chi connectivity index (χ4n) is 4.82. The molecule has 1 amide bonds. The number of benzene rings is 1. The summed E-state index contributed by atoms with van der Waals surface area (Å²) in [5.74, 6) is -0.944. The molecule has 1 unspecified atom stereocenters. The van der Waals surface area contributed by atoms with Gasteiger partial charge in [0.1, 0.15) is 11.6 Å². The molecule has 1 atom stereocenters. The number of carbonyl (C=O) groups excluding carboxylic acids is 1. The number of carbonyl (C=O) groups is 1. The maximum atomic E-state index is 14.7. The maximum absolute atomic E-state index is 14.7. The van der Waals surface area contributed by atoms with Crippen LogP contribution in [-0.4, -0.2) is 48.4 Å². The minimum absolute atomic E-state index is 0.0602. The number of fused-ring (bicyclic) bond motifs is 1. The van der Waals surface area contributed by atoms with Crippen molar-refractivity contribution in [3.8, 4) is 17.0 Å². The van der Waals surface area contributed by atoms with E-state index in [0.717, 1.165) is 23.4 Å². The number of ether oxygens (including phenoxy) is 1. The van der Waals surface area contributed by atoms with Crippen molar-refractivity contribution >= 4 is 16.5 Å². The number of amides is 1. The van der Waals surface area contributed by atoms with Gasteiger partial charge in [0, 0.05) is 35.2 Å². The van der Waals surface area contributed by atoms with Crippen molar-refractivity contribution in [2.24, 2.45) is 5.92 Å². The molecule has 1 fully saturated rings. The van der Waals surface area contributed by atoms with Crippen LogP contribution in [0.5, 0.6) is 5.75 Å². The number of hydrogen-bond donors (Lipinski definition) is 3. The van der Waals surface area contributed by atoms with Crippen LogP contribution in [0, 0.1) is 11.7 Å². The van der Waals surface area contributed by atoms with Crippen LogP contribution in [0.1, 0.15) is 44.5 Å². The number of hydrogen-bond acceptors (Lipinski definition) is 5. The van der Waals surface area contributed by atoms with E-state index in [1.165, 1.54) is 6.07 Å². The van der Waals surface area contributed by atoms with Crippen LogP contribution >= 0.6 is 10.6 Å². The normalized spacial score (nSPS) is 21.9. The molecule has 11 heteroatoms. The molecule has 1 aromatic carbocycles. The predicted molar refractivity (Wildman–Crippen MR) is 119 cm³/mol. The van der Waals surface area contributed by atoms with Gasteiger partial charge in [0.2, 0.25) is 5.91 Å². The Balaban J connectivity index is 1.61.